The van der Waals surface area contributed by atoms with Crippen LogP contribution >= 0.6 is 0 Å². The lowest BCUT2D eigenvalue weighted by molar-refractivity contribution is 0.606. The normalized spacial score (nSPS) is 10.3. The van der Waals surface area contributed by atoms with Crippen molar-refractivity contribution in [3.8, 4) is 11.4 Å². The first-order valence-electron chi connectivity index (χ1n) is 6.52. The van der Waals surface area contributed by atoms with Gasteiger partial charge in [0, 0.05) is 36.4 Å². The Morgan fingerprint density at radius 3 is 2.67 bits per heavy atom. The van der Waals surface area contributed by atoms with Crippen LogP contribution < -0.4 is 5.32 Å². The molecule has 0 atom stereocenters. The Morgan fingerprint density at radius 1 is 0.952 bits per heavy atom. The first-order valence-corrected chi connectivity index (χ1v) is 6.52. The summed E-state index contributed by atoms with van der Waals surface area (Å²) in [6.45, 7) is 0.389. The molecule has 0 aliphatic rings. The average Bonchev–Trinajstić information content (AvgIpc) is 2.55. The molecule has 3 rings (SSSR count). The maximum Gasteiger partial charge on any atom is 0.146 e. The van der Waals surface area contributed by atoms with E-state index in [4.69, 9.17) is 0 Å². The van der Waals surface area contributed by atoms with E-state index in [1.807, 2.05) is 30.3 Å². The molecule has 4 nitrogen and oxygen atoms in total. The molecule has 0 aliphatic heterocycles. The second kappa shape index (κ2) is 6.09. The highest BCUT2D eigenvalue weighted by atomic mass is 19.1. The summed E-state index contributed by atoms with van der Waals surface area (Å²) < 4.78 is 13.5. The molecule has 0 fully saturated rings. The zero-order valence-corrected chi connectivity index (χ0v) is 11.2. The highest BCUT2D eigenvalue weighted by Crippen LogP contribution is 2.18. The van der Waals surface area contributed by atoms with Crippen LogP contribution in [-0.4, -0.2) is 15.0 Å². The van der Waals surface area contributed by atoms with E-state index in [1.54, 1.807) is 24.7 Å². The van der Waals surface area contributed by atoms with Crippen molar-refractivity contribution in [1.29, 1.82) is 0 Å². The van der Waals surface area contributed by atoms with Crippen LogP contribution in [0.25, 0.3) is 11.4 Å². The molecular formula is C16H13FN4. The summed E-state index contributed by atoms with van der Waals surface area (Å²) >= 11 is 0. The number of hydrogen-bond acceptors (Lipinski definition) is 4. The molecule has 0 saturated heterocycles. The third-order valence-electron chi connectivity index (χ3n) is 3.03. The number of aromatic nitrogens is 3. The van der Waals surface area contributed by atoms with Gasteiger partial charge in [0.05, 0.1) is 17.6 Å². The van der Waals surface area contributed by atoms with Gasteiger partial charge in [-0.25, -0.2) is 4.39 Å². The van der Waals surface area contributed by atoms with Crippen molar-refractivity contribution in [2.75, 3.05) is 5.32 Å². The minimum atomic E-state index is -0.316. The molecule has 3 aromatic heterocycles. The van der Waals surface area contributed by atoms with E-state index in [1.165, 1.54) is 6.20 Å². The van der Waals surface area contributed by atoms with Gasteiger partial charge < -0.3 is 5.32 Å². The molecule has 3 aromatic rings. The largest absolute Gasteiger partial charge is 0.381 e. The Kier molecular flexibility index (Phi) is 3.82. The van der Waals surface area contributed by atoms with Crippen LogP contribution in [0.3, 0.4) is 0 Å². The predicted octanol–water partition coefficient (Wildman–Crippen LogP) is 3.29. The fraction of sp³-hybridized carbons (Fsp3) is 0.0625. The van der Waals surface area contributed by atoms with Crippen LogP contribution in [-0.2, 0) is 6.54 Å². The lowest BCUT2D eigenvalue weighted by Gasteiger charge is -2.08. The van der Waals surface area contributed by atoms with Crippen LogP contribution in [0.1, 0.15) is 5.56 Å². The minimum Gasteiger partial charge on any atom is -0.381 e. The van der Waals surface area contributed by atoms with Gasteiger partial charge in [-0.15, -0.1) is 0 Å². The third-order valence-corrected chi connectivity index (χ3v) is 3.03. The number of pyridine rings is 3. The monoisotopic (exact) mass is 280 g/mol. The molecule has 1 N–H and O–H groups in total. The van der Waals surface area contributed by atoms with Gasteiger partial charge in [-0.2, -0.15) is 0 Å². The summed E-state index contributed by atoms with van der Waals surface area (Å²) in [6.07, 6.45) is 6.22. The molecule has 21 heavy (non-hydrogen) atoms. The lowest BCUT2D eigenvalue weighted by Crippen LogP contribution is -2.02. The number of nitrogens with zero attached hydrogens (tertiary/aromatic N) is 3. The average molecular weight is 280 g/mol. The van der Waals surface area contributed by atoms with Gasteiger partial charge in [0.2, 0.25) is 0 Å². The number of nitrogens with one attached hydrogen (secondary N) is 1. The standard InChI is InChI=1S/C16H13FN4/c17-14-11-18-7-4-12(14)10-21-13-5-8-20-16(9-13)15-3-1-2-6-19-15/h1-9,11H,10H2,(H,20,21). The molecule has 0 radical (unpaired) electrons. The molecular weight excluding hydrogens is 267 g/mol. The van der Waals surface area contributed by atoms with Crippen molar-refractivity contribution < 1.29 is 4.39 Å². The predicted molar refractivity (Wildman–Crippen MR) is 79.0 cm³/mol. The van der Waals surface area contributed by atoms with Gasteiger partial charge in [-0.3, -0.25) is 15.0 Å². The van der Waals surface area contributed by atoms with E-state index in [0.717, 1.165) is 17.1 Å². The summed E-state index contributed by atoms with van der Waals surface area (Å²) in [5.41, 5.74) is 3.01. The zero-order chi connectivity index (χ0) is 14.5. The molecule has 0 amide bonds. The van der Waals surface area contributed by atoms with Gasteiger partial charge in [-0.05, 0) is 30.3 Å². The van der Waals surface area contributed by atoms with E-state index in [-0.39, 0.29) is 5.82 Å². The van der Waals surface area contributed by atoms with Gasteiger partial charge in [0.25, 0.3) is 0 Å². The summed E-state index contributed by atoms with van der Waals surface area (Å²) in [5.74, 6) is -0.316. The van der Waals surface area contributed by atoms with Crippen molar-refractivity contribution in [3.05, 3.63) is 72.6 Å². The molecule has 0 aromatic carbocycles. The third kappa shape index (κ3) is 3.20. The number of halogens is 1. The molecule has 104 valence electrons. The Hall–Kier alpha value is -2.82. The van der Waals surface area contributed by atoms with Gasteiger partial charge >= 0.3 is 0 Å². The Labute approximate surface area is 121 Å². The van der Waals surface area contributed by atoms with Crippen molar-refractivity contribution in [2.45, 2.75) is 6.54 Å². The van der Waals surface area contributed by atoms with Gasteiger partial charge in [0.1, 0.15) is 5.82 Å². The fourth-order valence-corrected chi connectivity index (χ4v) is 1.94. The van der Waals surface area contributed by atoms with E-state index >= 15 is 0 Å². The van der Waals surface area contributed by atoms with Crippen LogP contribution in [0.5, 0.6) is 0 Å². The fourth-order valence-electron chi connectivity index (χ4n) is 1.94. The molecule has 3 heterocycles. The number of anilines is 1. The van der Waals surface area contributed by atoms with Gasteiger partial charge in [-0.1, -0.05) is 6.07 Å². The Balaban J connectivity index is 1.77. The quantitative estimate of drug-likeness (QED) is 0.796. The van der Waals surface area contributed by atoms with E-state index in [0.29, 0.717) is 12.1 Å². The molecule has 0 spiro atoms. The van der Waals surface area contributed by atoms with Crippen molar-refractivity contribution >= 4 is 5.69 Å². The van der Waals surface area contributed by atoms with Crippen LogP contribution in [0.15, 0.2) is 61.2 Å². The zero-order valence-electron chi connectivity index (χ0n) is 11.2. The SMILES string of the molecule is Fc1cnccc1CNc1ccnc(-c2ccccn2)c1. The first kappa shape index (κ1) is 13.2. The second-order valence-electron chi connectivity index (χ2n) is 4.47. The van der Waals surface area contributed by atoms with Crippen molar-refractivity contribution in [1.82, 2.24) is 15.0 Å². The van der Waals surface area contributed by atoms with E-state index in [2.05, 4.69) is 20.3 Å². The Morgan fingerprint density at radius 2 is 1.86 bits per heavy atom. The maximum absolute atomic E-state index is 13.5. The topological polar surface area (TPSA) is 50.7 Å². The van der Waals surface area contributed by atoms with Crippen molar-refractivity contribution in [2.24, 2.45) is 0 Å². The minimum absolute atomic E-state index is 0.316. The highest BCUT2D eigenvalue weighted by molar-refractivity contribution is 5.60. The molecule has 0 aliphatic carbocycles. The maximum atomic E-state index is 13.5. The van der Waals surface area contributed by atoms with Gasteiger partial charge in [0.15, 0.2) is 0 Å². The van der Waals surface area contributed by atoms with E-state index in [9.17, 15) is 4.39 Å². The summed E-state index contributed by atoms with van der Waals surface area (Å²) in [7, 11) is 0. The Bertz CT molecular complexity index is 731. The molecule has 0 unspecified atom stereocenters. The molecule has 0 saturated carbocycles. The summed E-state index contributed by atoms with van der Waals surface area (Å²) in [6, 6.07) is 11.1. The smallest absolute Gasteiger partial charge is 0.146 e. The van der Waals surface area contributed by atoms with Crippen LogP contribution in [0.2, 0.25) is 0 Å². The molecule has 0 bridgehead atoms. The van der Waals surface area contributed by atoms with Crippen molar-refractivity contribution in [3.63, 3.8) is 0 Å². The van der Waals surface area contributed by atoms with Crippen LogP contribution in [0.4, 0.5) is 10.1 Å². The summed E-state index contributed by atoms with van der Waals surface area (Å²) in [5, 5.41) is 3.18. The van der Waals surface area contributed by atoms with E-state index < -0.39 is 0 Å². The van der Waals surface area contributed by atoms with Crippen LogP contribution in [0, 0.1) is 5.82 Å². The highest BCUT2D eigenvalue weighted by Gasteiger charge is 2.03. The number of rotatable bonds is 4. The lowest BCUT2D eigenvalue weighted by atomic mass is 10.2. The first-order chi connectivity index (χ1) is 10.3. The molecule has 5 heteroatoms. The number of hydrogen-bond donors (Lipinski definition) is 1. The summed E-state index contributed by atoms with van der Waals surface area (Å²) in [4.78, 5) is 12.3. The second-order valence-corrected chi connectivity index (χ2v) is 4.47.